The zero-order chi connectivity index (χ0) is 12.2. The lowest BCUT2D eigenvalue weighted by Crippen LogP contribution is -2.36. The Bertz CT molecular complexity index is 366. The summed E-state index contributed by atoms with van der Waals surface area (Å²) in [6.45, 7) is 0.727. The number of carbonyl (C=O) groups is 1. The van der Waals surface area contributed by atoms with Crippen LogP contribution in [0.3, 0.4) is 0 Å². The van der Waals surface area contributed by atoms with Gasteiger partial charge in [-0.25, -0.2) is 0 Å². The molecule has 1 N–H and O–H groups in total. The fraction of sp³-hybridized carbons (Fsp3) is 0.462. The second-order valence-corrected chi connectivity index (χ2v) is 5.00. The molecule has 1 aromatic rings. The van der Waals surface area contributed by atoms with Crippen LogP contribution < -0.4 is 0 Å². The van der Waals surface area contributed by atoms with Crippen LogP contribution in [0.15, 0.2) is 24.3 Å². The maximum absolute atomic E-state index is 11.9. The highest BCUT2D eigenvalue weighted by molar-refractivity contribution is 5.97. The van der Waals surface area contributed by atoms with Crippen molar-refractivity contribution in [3.8, 4) is 0 Å². The van der Waals surface area contributed by atoms with Crippen molar-refractivity contribution in [2.75, 3.05) is 27.7 Å². The molecule has 0 unspecified atom stereocenters. The van der Waals surface area contributed by atoms with Gasteiger partial charge in [0.25, 0.3) is 0 Å². The predicted molar refractivity (Wildman–Crippen MR) is 64.2 cm³/mol. The Hall–Kier alpha value is -1.19. The molecule has 0 heterocycles. The Morgan fingerprint density at radius 3 is 2.44 bits per heavy atom. The van der Waals surface area contributed by atoms with E-state index >= 15 is 0 Å². The van der Waals surface area contributed by atoms with Gasteiger partial charge in [0.2, 0.25) is 0 Å². The summed E-state index contributed by atoms with van der Waals surface area (Å²) < 4.78 is 0.771. The average Bonchev–Trinajstić information content (AvgIpc) is 2.25. The number of aliphatic hydroxyl groups excluding tert-OH is 1. The van der Waals surface area contributed by atoms with E-state index in [4.69, 9.17) is 5.11 Å². The number of nitrogens with zero attached hydrogens (tertiary/aromatic N) is 1. The summed E-state index contributed by atoms with van der Waals surface area (Å²) in [4.78, 5) is 11.9. The minimum absolute atomic E-state index is 0.0771. The number of benzene rings is 1. The lowest BCUT2D eigenvalue weighted by Gasteiger charge is -2.23. The molecule has 0 amide bonds. The molecule has 0 aromatic heterocycles. The third-order valence-electron chi connectivity index (χ3n) is 2.50. The third kappa shape index (κ3) is 3.76. The second-order valence-electron chi connectivity index (χ2n) is 5.00. The molecule has 1 aromatic carbocycles. The highest BCUT2D eigenvalue weighted by Crippen LogP contribution is 2.12. The van der Waals surface area contributed by atoms with E-state index in [9.17, 15) is 4.79 Å². The summed E-state index contributed by atoms with van der Waals surface area (Å²) >= 11 is 0. The molecule has 1 rings (SSSR count). The van der Waals surface area contributed by atoms with Crippen LogP contribution in [0, 0.1) is 0 Å². The monoisotopic (exact) mass is 222 g/mol. The lowest BCUT2D eigenvalue weighted by atomic mass is 10.0. The summed E-state index contributed by atoms with van der Waals surface area (Å²) in [5, 5.41) is 9.14. The van der Waals surface area contributed by atoms with Gasteiger partial charge in [0.05, 0.1) is 40.7 Å². The smallest absolute Gasteiger partial charge is 0.168 e. The Labute approximate surface area is 96.9 Å². The molecule has 16 heavy (non-hydrogen) atoms. The van der Waals surface area contributed by atoms with E-state index in [1.807, 2.05) is 12.1 Å². The third-order valence-corrected chi connectivity index (χ3v) is 2.50. The summed E-state index contributed by atoms with van der Waals surface area (Å²) in [7, 11) is 6.18. The molecule has 3 heteroatoms. The highest BCUT2D eigenvalue weighted by atomic mass is 16.3. The first-order chi connectivity index (χ1) is 7.44. The molecule has 0 radical (unpaired) electrons. The molecule has 0 atom stereocenters. The van der Waals surface area contributed by atoms with Crippen molar-refractivity contribution in [2.45, 2.75) is 13.0 Å². The van der Waals surface area contributed by atoms with E-state index in [1.54, 1.807) is 12.1 Å². The Morgan fingerprint density at radius 2 is 1.88 bits per heavy atom. The number of hydrogen-bond donors (Lipinski definition) is 1. The normalized spacial score (nSPS) is 11.5. The molecular weight excluding hydrogens is 202 g/mol. The fourth-order valence-corrected chi connectivity index (χ4v) is 1.50. The topological polar surface area (TPSA) is 37.3 Å². The summed E-state index contributed by atoms with van der Waals surface area (Å²) in [6.07, 6.45) is 0.514. The van der Waals surface area contributed by atoms with Gasteiger partial charge in [-0.05, 0) is 5.56 Å². The van der Waals surface area contributed by atoms with Crippen LogP contribution in [0.5, 0.6) is 0 Å². The number of hydrogen-bond acceptors (Lipinski definition) is 2. The van der Waals surface area contributed by atoms with Crippen molar-refractivity contribution in [1.82, 2.24) is 0 Å². The Kier molecular flexibility index (Phi) is 4.21. The molecule has 0 saturated heterocycles. The summed E-state index contributed by atoms with van der Waals surface area (Å²) in [5.74, 6) is 0.109. The van der Waals surface area contributed by atoms with Crippen molar-refractivity contribution in [1.29, 1.82) is 0 Å². The molecule has 0 bridgehead atoms. The van der Waals surface area contributed by atoms with Crippen molar-refractivity contribution >= 4 is 5.78 Å². The lowest BCUT2D eigenvalue weighted by molar-refractivity contribution is -0.869. The number of Topliss-reactive ketones (excluding diaryl/α,β-unsaturated/α-hetero) is 1. The van der Waals surface area contributed by atoms with E-state index in [-0.39, 0.29) is 12.4 Å². The van der Waals surface area contributed by atoms with Crippen LogP contribution in [0.4, 0.5) is 0 Å². The number of aliphatic hydroxyl groups is 1. The van der Waals surface area contributed by atoms with Gasteiger partial charge in [-0.3, -0.25) is 4.79 Å². The number of quaternary nitrogens is 1. The van der Waals surface area contributed by atoms with Gasteiger partial charge in [0, 0.05) is 5.56 Å². The summed E-state index contributed by atoms with van der Waals surface area (Å²) in [5.41, 5.74) is 1.37. The molecule has 0 aliphatic carbocycles. The molecule has 0 spiro atoms. The number of rotatable bonds is 5. The van der Waals surface area contributed by atoms with E-state index in [1.165, 1.54) is 0 Å². The minimum atomic E-state index is -0.0771. The largest absolute Gasteiger partial charge is 0.392 e. The van der Waals surface area contributed by atoms with Gasteiger partial charge in [-0.2, -0.15) is 0 Å². The first-order valence-corrected chi connectivity index (χ1v) is 5.46. The molecule has 0 aliphatic rings. The van der Waals surface area contributed by atoms with E-state index < -0.39 is 0 Å². The summed E-state index contributed by atoms with van der Waals surface area (Å²) in [6, 6.07) is 7.24. The van der Waals surface area contributed by atoms with Gasteiger partial charge in [0.1, 0.15) is 0 Å². The molecule has 0 fully saturated rings. The van der Waals surface area contributed by atoms with Crippen molar-refractivity contribution in [3.05, 3.63) is 35.4 Å². The second kappa shape index (κ2) is 5.23. The maximum atomic E-state index is 11.9. The van der Waals surface area contributed by atoms with Crippen molar-refractivity contribution < 1.29 is 14.4 Å². The van der Waals surface area contributed by atoms with Gasteiger partial charge in [0.15, 0.2) is 5.78 Å². The zero-order valence-corrected chi connectivity index (χ0v) is 10.2. The Balaban J connectivity index is 2.73. The van der Waals surface area contributed by atoms with E-state index in [0.717, 1.165) is 11.0 Å². The van der Waals surface area contributed by atoms with E-state index in [0.29, 0.717) is 17.5 Å². The van der Waals surface area contributed by atoms with Crippen LogP contribution in [-0.4, -0.2) is 43.1 Å². The first kappa shape index (κ1) is 12.9. The number of ketones is 1. The average molecular weight is 222 g/mol. The van der Waals surface area contributed by atoms with Crippen LogP contribution in [0.25, 0.3) is 0 Å². The van der Waals surface area contributed by atoms with Gasteiger partial charge in [-0.15, -0.1) is 0 Å². The van der Waals surface area contributed by atoms with Gasteiger partial charge < -0.3 is 9.59 Å². The predicted octanol–water partition coefficient (Wildman–Crippen LogP) is 1.46. The van der Waals surface area contributed by atoms with Gasteiger partial charge in [-0.1, -0.05) is 24.3 Å². The van der Waals surface area contributed by atoms with Crippen LogP contribution >= 0.6 is 0 Å². The van der Waals surface area contributed by atoms with Crippen LogP contribution in [-0.2, 0) is 6.61 Å². The van der Waals surface area contributed by atoms with Crippen LogP contribution in [0.2, 0.25) is 0 Å². The molecule has 3 nitrogen and oxygen atoms in total. The first-order valence-electron chi connectivity index (χ1n) is 5.46. The minimum Gasteiger partial charge on any atom is -0.392 e. The highest BCUT2D eigenvalue weighted by Gasteiger charge is 2.14. The molecular formula is C13H20NO2+. The standard InChI is InChI=1S/C13H20NO2/c1-14(2,3)9-8-13(16)12-7-5-4-6-11(12)10-15/h4-7,15H,8-10H2,1-3H3/q+1. The molecule has 88 valence electrons. The van der Waals surface area contributed by atoms with Crippen LogP contribution in [0.1, 0.15) is 22.3 Å². The van der Waals surface area contributed by atoms with Gasteiger partial charge >= 0.3 is 0 Å². The van der Waals surface area contributed by atoms with Crippen molar-refractivity contribution in [3.63, 3.8) is 0 Å². The van der Waals surface area contributed by atoms with E-state index in [2.05, 4.69) is 21.1 Å². The fourth-order valence-electron chi connectivity index (χ4n) is 1.50. The Morgan fingerprint density at radius 1 is 1.25 bits per heavy atom. The quantitative estimate of drug-likeness (QED) is 0.605. The molecule has 0 saturated carbocycles. The maximum Gasteiger partial charge on any atom is 0.168 e. The number of carbonyl (C=O) groups excluding carboxylic acids is 1. The molecule has 0 aliphatic heterocycles. The SMILES string of the molecule is C[N+](C)(C)CCC(=O)c1ccccc1CO. The van der Waals surface area contributed by atoms with Crippen molar-refractivity contribution in [2.24, 2.45) is 0 Å². The zero-order valence-electron chi connectivity index (χ0n) is 10.2.